The Bertz CT molecular complexity index is 678. The van der Waals surface area contributed by atoms with Gasteiger partial charge in [0.1, 0.15) is 11.6 Å². The topological polar surface area (TPSA) is 46.2 Å². The molecule has 0 atom stereocenters. The molecule has 0 spiro atoms. The standard InChI is InChI=1S/C16H13F2NO2/c1-10(20)11-5-2-3-8-15(11)19-16(21)9-12-13(17)6-4-7-14(12)18/h2-8H,9H2,1H3,(H,19,21). The molecule has 0 unspecified atom stereocenters. The lowest BCUT2D eigenvalue weighted by atomic mass is 10.1. The third-order valence-corrected chi connectivity index (χ3v) is 2.98. The maximum absolute atomic E-state index is 13.5. The summed E-state index contributed by atoms with van der Waals surface area (Å²) in [6.07, 6.45) is -0.440. The van der Waals surface area contributed by atoms with Crippen molar-refractivity contribution in [3.63, 3.8) is 0 Å². The monoisotopic (exact) mass is 289 g/mol. The molecule has 0 bridgehead atoms. The average molecular weight is 289 g/mol. The van der Waals surface area contributed by atoms with E-state index >= 15 is 0 Å². The van der Waals surface area contributed by atoms with Crippen LogP contribution < -0.4 is 5.32 Å². The Morgan fingerprint density at radius 1 is 1.00 bits per heavy atom. The van der Waals surface area contributed by atoms with E-state index < -0.39 is 24.0 Å². The molecule has 2 rings (SSSR count). The number of Topliss-reactive ketones (excluding diaryl/α,β-unsaturated/α-hetero) is 1. The Morgan fingerprint density at radius 2 is 1.62 bits per heavy atom. The van der Waals surface area contributed by atoms with Crippen LogP contribution in [-0.4, -0.2) is 11.7 Å². The summed E-state index contributed by atoms with van der Waals surface area (Å²) < 4.78 is 27.0. The van der Waals surface area contributed by atoms with Crippen molar-refractivity contribution >= 4 is 17.4 Å². The zero-order valence-corrected chi connectivity index (χ0v) is 11.3. The van der Waals surface area contributed by atoms with Crippen molar-refractivity contribution < 1.29 is 18.4 Å². The quantitative estimate of drug-likeness (QED) is 0.877. The summed E-state index contributed by atoms with van der Waals surface area (Å²) in [7, 11) is 0. The minimum Gasteiger partial charge on any atom is -0.325 e. The van der Waals surface area contributed by atoms with Crippen molar-refractivity contribution in [3.05, 3.63) is 65.2 Å². The second-order valence-electron chi connectivity index (χ2n) is 4.53. The van der Waals surface area contributed by atoms with Crippen LogP contribution in [0.2, 0.25) is 0 Å². The minimum atomic E-state index is -0.773. The zero-order valence-electron chi connectivity index (χ0n) is 11.3. The van der Waals surface area contributed by atoms with Crippen LogP contribution in [0.4, 0.5) is 14.5 Å². The number of anilines is 1. The van der Waals surface area contributed by atoms with Gasteiger partial charge in [0.25, 0.3) is 0 Å². The Kier molecular flexibility index (Phi) is 4.42. The summed E-state index contributed by atoms with van der Waals surface area (Å²) in [6, 6.07) is 9.88. The fourth-order valence-electron chi connectivity index (χ4n) is 1.96. The summed E-state index contributed by atoms with van der Waals surface area (Å²) in [6.45, 7) is 1.38. The number of rotatable bonds is 4. The minimum absolute atomic E-state index is 0.206. The zero-order chi connectivity index (χ0) is 15.4. The van der Waals surface area contributed by atoms with Crippen molar-refractivity contribution in [1.29, 1.82) is 0 Å². The van der Waals surface area contributed by atoms with Gasteiger partial charge in [-0.3, -0.25) is 9.59 Å². The van der Waals surface area contributed by atoms with Gasteiger partial charge in [0.15, 0.2) is 5.78 Å². The van der Waals surface area contributed by atoms with Gasteiger partial charge in [0.2, 0.25) is 5.91 Å². The summed E-state index contributed by atoms with van der Waals surface area (Å²) >= 11 is 0. The molecule has 0 aliphatic rings. The highest BCUT2D eigenvalue weighted by atomic mass is 19.1. The molecule has 0 saturated carbocycles. The molecule has 0 aromatic heterocycles. The number of hydrogen-bond donors (Lipinski definition) is 1. The molecule has 2 aromatic carbocycles. The van der Waals surface area contributed by atoms with E-state index in [9.17, 15) is 18.4 Å². The lowest BCUT2D eigenvalue weighted by Gasteiger charge is -2.09. The molecule has 3 nitrogen and oxygen atoms in total. The van der Waals surface area contributed by atoms with Gasteiger partial charge in [0, 0.05) is 11.1 Å². The second-order valence-corrected chi connectivity index (χ2v) is 4.53. The Hall–Kier alpha value is -2.56. The summed E-state index contributed by atoms with van der Waals surface area (Å²) in [5, 5.41) is 2.50. The highest BCUT2D eigenvalue weighted by molar-refractivity contribution is 6.04. The predicted molar refractivity (Wildman–Crippen MR) is 75.1 cm³/mol. The first-order valence-electron chi connectivity index (χ1n) is 6.31. The fourth-order valence-corrected chi connectivity index (χ4v) is 1.96. The Morgan fingerprint density at radius 3 is 2.24 bits per heavy atom. The molecule has 0 saturated heterocycles. The van der Waals surface area contributed by atoms with Crippen LogP contribution in [0.25, 0.3) is 0 Å². The SMILES string of the molecule is CC(=O)c1ccccc1NC(=O)Cc1c(F)cccc1F. The number of hydrogen-bond acceptors (Lipinski definition) is 2. The molecule has 1 amide bonds. The van der Waals surface area contributed by atoms with Gasteiger partial charge in [-0.2, -0.15) is 0 Å². The van der Waals surface area contributed by atoms with E-state index in [2.05, 4.69) is 5.32 Å². The first-order chi connectivity index (χ1) is 9.99. The first kappa shape index (κ1) is 14.8. The van der Waals surface area contributed by atoms with E-state index in [1.165, 1.54) is 13.0 Å². The van der Waals surface area contributed by atoms with Crippen LogP contribution in [0, 0.1) is 11.6 Å². The highest BCUT2D eigenvalue weighted by Crippen LogP contribution is 2.17. The Labute approximate surface area is 120 Å². The lowest BCUT2D eigenvalue weighted by Crippen LogP contribution is -2.17. The van der Waals surface area contributed by atoms with Crippen molar-refractivity contribution in [2.75, 3.05) is 5.32 Å². The lowest BCUT2D eigenvalue weighted by molar-refractivity contribution is -0.115. The highest BCUT2D eigenvalue weighted by Gasteiger charge is 2.15. The maximum atomic E-state index is 13.5. The molecule has 2 aromatic rings. The number of halogens is 2. The summed E-state index contributed by atoms with van der Waals surface area (Å²) in [5.41, 5.74) is 0.377. The van der Waals surface area contributed by atoms with Crippen LogP contribution in [0.15, 0.2) is 42.5 Å². The van der Waals surface area contributed by atoms with Gasteiger partial charge in [-0.15, -0.1) is 0 Å². The smallest absolute Gasteiger partial charge is 0.229 e. The molecule has 5 heteroatoms. The van der Waals surface area contributed by atoms with Crippen molar-refractivity contribution in [2.24, 2.45) is 0 Å². The van der Waals surface area contributed by atoms with Crippen LogP contribution in [0.5, 0.6) is 0 Å². The van der Waals surface area contributed by atoms with Crippen molar-refractivity contribution in [2.45, 2.75) is 13.3 Å². The maximum Gasteiger partial charge on any atom is 0.229 e. The van der Waals surface area contributed by atoms with E-state index in [1.54, 1.807) is 24.3 Å². The molecule has 0 radical (unpaired) electrons. The Balaban J connectivity index is 2.18. The van der Waals surface area contributed by atoms with Gasteiger partial charge < -0.3 is 5.32 Å². The number of para-hydroxylation sites is 1. The third kappa shape index (κ3) is 3.51. The number of amides is 1. The van der Waals surface area contributed by atoms with Crippen LogP contribution >= 0.6 is 0 Å². The van der Waals surface area contributed by atoms with Crippen LogP contribution in [0.1, 0.15) is 22.8 Å². The van der Waals surface area contributed by atoms with E-state index in [0.717, 1.165) is 12.1 Å². The predicted octanol–water partition coefficient (Wildman–Crippen LogP) is 3.35. The van der Waals surface area contributed by atoms with Crippen molar-refractivity contribution in [1.82, 2.24) is 0 Å². The van der Waals surface area contributed by atoms with Gasteiger partial charge in [0.05, 0.1) is 12.1 Å². The number of benzene rings is 2. The average Bonchev–Trinajstić information content (AvgIpc) is 2.43. The number of ketones is 1. The van der Waals surface area contributed by atoms with Crippen molar-refractivity contribution in [3.8, 4) is 0 Å². The van der Waals surface area contributed by atoms with E-state index in [-0.39, 0.29) is 11.3 Å². The molecule has 0 heterocycles. The van der Waals surface area contributed by atoms with Gasteiger partial charge in [-0.05, 0) is 31.2 Å². The van der Waals surface area contributed by atoms with Crippen LogP contribution in [0.3, 0.4) is 0 Å². The van der Waals surface area contributed by atoms with Gasteiger partial charge in [-0.25, -0.2) is 8.78 Å². The van der Waals surface area contributed by atoms with E-state index in [1.807, 2.05) is 0 Å². The molecule has 0 fully saturated rings. The normalized spacial score (nSPS) is 10.2. The van der Waals surface area contributed by atoms with Gasteiger partial charge >= 0.3 is 0 Å². The fraction of sp³-hybridized carbons (Fsp3) is 0.125. The molecule has 1 N–H and O–H groups in total. The van der Waals surface area contributed by atoms with E-state index in [4.69, 9.17) is 0 Å². The molecular weight excluding hydrogens is 276 g/mol. The largest absolute Gasteiger partial charge is 0.325 e. The number of nitrogens with one attached hydrogen (secondary N) is 1. The van der Waals surface area contributed by atoms with Gasteiger partial charge in [-0.1, -0.05) is 18.2 Å². The summed E-state index contributed by atoms with van der Waals surface area (Å²) in [4.78, 5) is 23.3. The number of carbonyl (C=O) groups excluding carboxylic acids is 2. The second kappa shape index (κ2) is 6.26. The summed E-state index contributed by atoms with van der Waals surface area (Å²) in [5.74, 6) is -2.34. The molecule has 21 heavy (non-hydrogen) atoms. The molecular formula is C16H13F2NO2. The van der Waals surface area contributed by atoms with E-state index in [0.29, 0.717) is 11.3 Å². The third-order valence-electron chi connectivity index (χ3n) is 2.98. The molecule has 0 aliphatic heterocycles. The number of carbonyl (C=O) groups is 2. The molecule has 0 aliphatic carbocycles. The van der Waals surface area contributed by atoms with Crippen LogP contribution in [-0.2, 0) is 11.2 Å². The first-order valence-corrected chi connectivity index (χ1v) is 6.31. The molecule has 108 valence electrons.